The van der Waals surface area contributed by atoms with E-state index in [1.165, 1.54) is 6.07 Å². The molecule has 18 heavy (non-hydrogen) atoms. The summed E-state index contributed by atoms with van der Waals surface area (Å²) < 4.78 is 13.2. The summed E-state index contributed by atoms with van der Waals surface area (Å²) in [7, 11) is 0. The van der Waals surface area contributed by atoms with E-state index in [0.717, 1.165) is 12.0 Å². The van der Waals surface area contributed by atoms with Crippen LogP contribution >= 0.6 is 0 Å². The molecule has 0 amide bonds. The third-order valence-electron chi connectivity index (χ3n) is 3.37. The number of aliphatic hydroxyl groups excluding tert-OH is 2. The summed E-state index contributed by atoms with van der Waals surface area (Å²) in [6.45, 7) is 5.69. The molecule has 102 valence electrons. The third-order valence-corrected chi connectivity index (χ3v) is 3.37. The van der Waals surface area contributed by atoms with Crippen molar-refractivity contribution >= 4 is 0 Å². The van der Waals surface area contributed by atoms with Crippen LogP contribution in [-0.2, 0) is 0 Å². The lowest BCUT2D eigenvalue weighted by atomic mass is 9.91. The van der Waals surface area contributed by atoms with E-state index in [1.807, 2.05) is 13.8 Å². The number of aliphatic hydroxyl groups is 2. The third kappa shape index (κ3) is 4.07. The van der Waals surface area contributed by atoms with Crippen LogP contribution in [0.15, 0.2) is 18.2 Å². The highest BCUT2D eigenvalue weighted by molar-refractivity contribution is 5.26. The van der Waals surface area contributed by atoms with E-state index >= 15 is 0 Å². The van der Waals surface area contributed by atoms with Gasteiger partial charge in [0.2, 0.25) is 0 Å². The van der Waals surface area contributed by atoms with Gasteiger partial charge in [0.15, 0.2) is 0 Å². The minimum Gasteiger partial charge on any atom is -0.390 e. The first-order valence-corrected chi connectivity index (χ1v) is 6.57. The Kier molecular flexibility index (Phi) is 5.76. The zero-order valence-electron chi connectivity index (χ0n) is 11.4. The van der Waals surface area contributed by atoms with Gasteiger partial charge < -0.3 is 10.2 Å². The molecular weight excluding hydrogens is 231 g/mol. The predicted octanol–water partition coefficient (Wildman–Crippen LogP) is 3.15. The van der Waals surface area contributed by atoms with Crippen molar-refractivity contribution in [2.24, 2.45) is 0 Å². The Morgan fingerprint density at radius 1 is 1.22 bits per heavy atom. The topological polar surface area (TPSA) is 40.5 Å². The molecule has 0 aromatic heterocycles. The van der Waals surface area contributed by atoms with Gasteiger partial charge in [0.05, 0.1) is 12.2 Å². The van der Waals surface area contributed by atoms with E-state index in [-0.39, 0.29) is 11.7 Å². The molecular formula is C15H23FO2. The Morgan fingerprint density at radius 2 is 1.89 bits per heavy atom. The fraction of sp³-hybridized carbons (Fsp3) is 0.600. The first-order valence-electron chi connectivity index (χ1n) is 6.57. The number of rotatable bonds is 6. The van der Waals surface area contributed by atoms with E-state index in [2.05, 4.69) is 0 Å². The Hall–Kier alpha value is -0.930. The first kappa shape index (κ1) is 15.1. The highest BCUT2D eigenvalue weighted by Crippen LogP contribution is 2.24. The van der Waals surface area contributed by atoms with Crippen LogP contribution in [0.4, 0.5) is 4.39 Å². The Bertz CT molecular complexity index is 379. The van der Waals surface area contributed by atoms with Crippen molar-refractivity contribution in [1.29, 1.82) is 0 Å². The van der Waals surface area contributed by atoms with Gasteiger partial charge in [-0.15, -0.1) is 0 Å². The molecule has 3 unspecified atom stereocenters. The van der Waals surface area contributed by atoms with Crippen LogP contribution in [0.25, 0.3) is 0 Å². The summed E-state index contributed by atoms with van der Waals surface area (Å²) in [6, 6.07) is 5.00. The highest BCUT2D eigenvalue weighted by atomic mass is 19.1. The highest BCUT2D eigenvalue weighted by Gasteiger charge is 2.19. The van der Waals surface area contributed by atoms with Crippen LogP contribution in [0.2, 0.25) is 0 Å². The van der Waals surface area contributed by atoms with Crippen LogP contribution in [0.1, 0.15) is 50.2 Å². The maximum absolute atomic E-state index is 13.2. The Balaban J connectivity index is 2.64. The number of halogens is 1. The van der Waals surface area contributed by atoms with Gasteiger partial charge in [-0.2, -0.15) is 0 Å². The fourth-order valence-corrected chi connectivity index (χ4v) is 2.12. The van der Waals surface area contributed by atoms with Crippen LogP contribution in [0, 0.1) is 12.7 Å². The maximum atomic E-state index is 13.2. The van der Waals surface area contributed by atoms with E-state index in [1.54, 1.807) is 19.1 Å². The van der Waals surface area contributed by atoms with Gasteiger partial charge in [0.25, 0.3) is 0 Å². The van der Waals surface area contributed by atoms with E-state index < -0.39 is 12.2 Å². The number of benzene rings is 1. The quantitative estimate of drug-likeness (QED) is 0.818. The van der Waals surface area contributed by atoms with Gasteiger partial charge in [-0.1, -0.05) is 32.4 Å². The molecule has 3 atom stereocenters. The lowest BCUT2D eigenvalue weighted by Gasteiger charge is -2.21. The van der Waals surface area contributed by atoms with Gasteiger partial charge in [-0.05, 0) is 42.9 Å². The van der Waals surface area contributed by atoms with E-state index in [4.69, 9.17) is 0 Å². The molecule has 0 spiro atoms. The van der Waals surface area contributed by atoms with Crippen molar-refractivity contribution < 1.29 is 14.6 Å². The summed E-state index contributed by atoms with van der Waals surface area (Å²) in [5.74, 6) is -0.108. The van der Waals surface area contributed by atoms with Gasteiger partial charge in [-0.3, -0.25) is 0 Å². The van der Waals surface area contributed by atoms with Crippen LogP contribution in [-0.4, -0.2) is 22.4 Å². The molecule has 3 heteroatoms. The largest absolute Gasteiger partial charge is 0.390 e. The lowest BCUT2D eigenvalue weighted by molar-refractivity contribution is 0.00637. The molecule has 0 radical (unpaired) electrons. The average Bonchev–Trinajstić information content (AvgIpc) is 2.32. The monoisotopic (exact) mass is 254 g/mol. The molecule has 0 saturated carbocycles. The predicted molar refractivity (Wildman–Crippen MR) is 71.1 cm³/mol. The molecule has 0 aliphatic heterocycles. The number of aryl methyl sites for hydroxylation is 1. The molecule has 0 saturated heterocycles. The van der Waals surface area contributed by atoms with Crippen molar-refractivity contribution in [2.45, 2.75) is 58.2 Å². The molecule has 0 aliphatic carbocycles. The molecule has 0 aliphatic rings. The molecule has 0 fully saturated rings. The zero-order valence-corrected chi connectivity index (χ0v) is 11.4. The second-order valence-corrected chi connectivity index (χ2v) is 5.07. The maximum Gasteiger partial charge on any atom is 0.126 e. The minimum atomic E-state index is -0.717. The molecule has 0 heterocycles. The minimum absolute atomic E-state index is 0.103. The van der Waals surface area contributed by atoms with Gasteiger partial charge in [0.1, 0.15) is 5.82 Å². The SMILES string of the molecule is CCCC(O)C(O)CC(C)c1ccc(F)c(C)c1. The molecule has 2 nitrogen and oxygen atoms in total. The summed E-state index contributed by atoms with van der Waals surface area (Å²) in [5, 5.41) is 19.6. The van der Waals surface area contributed by atoms with Gasteiger partial charge in [0, 0.05) is 0 Å². The fourth-order valence-electron chi connectivity index (χ4n) is 2.12. The Labute approximate surface area is 108 Å². The summed E-state index contributed by atoms with van der Waals surface area (Å²) in [6.07, 6.45) is 0.564. The van der Waals surface area contributed by atoms with Crippen LogP contribution < -0.4 is 0 Å². The van der Waals surface area contributed by atoms with E-state index in [9.17, 15) is 14.6 Å². The van der Waals surface area contributed by atoms with E-state index in [0.29, 0.717) is 18.4 Å². The zero-order chi connectivity index (χ0) is 13.7. The van der Waals surface area contributed by atoms with Crippen molar-refractivity contribution in [3.8, 4) is 0 Å². The molecule has 1 aromatic rings. The molecule has 1 aromatic carbocycles. The standard InChI is InChI=1S/C15H23FO2/c1-4-5-14(17)15(18)9-10(2)12-6-7-13(16)11(3)8-12/h6-8,10,14-15,17-18H,4-5,9H2,1-3H3. The van der Waals surface area contributed by atoms with Crippen LogP contribution in [0.3, 0.4) is 0 Å². The van der Waals surface area contributed by atoms with Crippen LogP contribution in [0.5, 0.6) is 0 Å². The molecule has 1 rings (SSSR count). The average molecular weight is 254 g/mol. The smallest absolute Gasteiger partial charge is 0.126 e. The van der Waals surface area contributed by atoms with Crippen molar-refractivity contribution in [3.05, 3.63) is 35.1 Å². The van der Waals surface area contributed by atoms with Crippen molar-refractivity contribution in [3.63, 3.8) is 0 Å². The summed E-state index contributed by atoms with van der Waals surface area (Å²) in [5.41, 5.74) is 1.61. The first-order chi connectivity index (χ1) is 8.45. The molecule has 2 N–H and O–H groups in total. The molecule has 0 bridgehead atoms. The second-order valence-electron chi connectivity index (χ2n) is 5.07. The lowest BCUT2D eigenvalue weighted by Crippen LogP contribution is -2.27. The number of hydrogen-bond donors (Lipinski definition) is 2. The summed E-state index contributed by atoms with van der Waals surface area (Å²) in [4.78, 5) is 0. The van der Waals surface area contributed by atoms with Crippen molar-refractivity contribution in [2.75, 3.05) is 0 Å². The van der Waals surface area contributed by atoms with Gasteiger partial charge >= 0.3 is 0 Å². The second kappa shape index (κ2) is 6.86. The Morgan fingerprint density at radius 3 is 2.44 bits per heavy atom. The normalized spacial score (nSPS) is 16.3. The number of hydrogen-bond acceptors (Lipinski definition) is 2. The summed E-state index contributed by atoms with van der Waals surface area (Å²) >= 11 is 0. The van der Waals surface area contributed by atoms with Gasteiger partial charge in [-0.25, -0.2) is 4.39 Å². The van der Waals surface area contributed by atoms with Crippen molar-refractivity contribution in [1.82, 2.24) is 0 Å².